The normalized spacial score (nSPS) is 20.0. The molecule has 238 valence electrons. The molecule has 10 nitrogen and oxygen atoms in total. The van der Waals surface area contributed by atoms with E-state index >= 15 is 0 Å². The monoisotopic (exact) mass is 626 g/mol. The van der Waals surface area contributed by atoms with Crippen LogP contribution in [0.25, 0.3) is 0 Å². The summed E-state index contributed by atoms with van der Waals surface area (Å²) in [6, 6.07) is 4.31. The van der Waals surface area contributed by atoms with Crippen molar-refractivity contribution >= 4 is 27.6 Å². The van der Waals surface area contributed by atoms with Crippen LogP contribution in [0.2, 0.25) is 0 Å². The third-order valence-electron chi connectivity index (χ3n) is 7.91. The maximum Gasteiger partial charge on any atom is 0.419 e. The van der Waals surface area contributed by atoms with Gasteiger partial charge in [-0.05, 0) is 76.4 Å². The van der Waals surface area contributed by atoms with Crippen LogP contribution in [0, 0.1) is 5.92 Å². The van der Waals surface area contributed by atoms with E-state index in [-0.39, 0.29) is 37.4 Å². The fraction of sp³-hybridized carbons (Fsp3) is 0.552. The number of hydrogen-bond donors (Lipinski definition) is 2. The lowest BCUT2D eigenvalue weighted by atomic mass is 9.85. The Balaban J connectivity index is 0.00000506. The van der Waals surface area contributed by atoms with Crippen LogP contribution in [0.1, 0.15) is 54.7 Å². The molecule has 1 saturated heterocycles. The number of piperidine rings is 1. The molecule has 2 N–H and O–H groups in total. The molecular weight excluding hydrogens is 585 g/mol. The molecular formula is C29H41F3N6O4S. The molecule has 2 aromatic rings. The van der Waals surface area contributed by atoms with E-state index in [1.54, 1.807) is 18.2 Å². The van der Waals surface area contributed by atoms with Crippen LogP contribution in [-0.4, -0.2) is 86.1 Å². The summed E-state index contributed by atoms with van der Waals surface area (Å²) in [6.45, 7) is 1.80. The van der Waals surface area contributed by atoms with Gasteiger partial charge in [0, 0.05) is 30.9 Å². The number of carbonyl (C=O) groups excluding carboxylic acids is 1. The summed E-state index contributed by atoms with van der Waals surface area (Å²) in [6.07, 6.45) is 3.20. The van der Waals surface area contributed by atoms with E-state index < -0.39 is 33.7 Å². The number of halogens is 3. The summed E-state index contributed by atoms with van der Waals surface area (Å²) >= 11 is 0. The number of carbonyl (C=O) groups is 1. The molecule has 0 unspecified atom stereocenters. The summed E-state index contributed by atoms with van der Waals surface area (Å²) in [5, 5.41) is 5.96. The lowest BCUT2D eigenvalue weighted by Gasteiger charge is -2.34. The van der Waals surface area contributed by atoms with E-state index in [2.05, 4.69) is 25.5 Å². The van der Waals surface area contributed by atoms with Gasteiger partial charge in [0.05, 0.1) is 30.3 Å². The van der Waals surface area contributed by atoms with Gasteiger partial charge < -0.3 is 20.3 Å². The number of rotatable bonds is 9. The number of anilines is 2. The molecule has 1 aromatic carbocycles. The van der Waals surface area contributed by atoms with Crippen molar-refractivity contribution in [2.24, 2.45) is 5.92 Å². The fourth-order valence-electron chi connectivity index (χ4n) is 5.36. The molecule has 2 atom stereocenters. The van der Waals surface area contributed by atoms with Gasteiger partial charge in [0.15, 0.2) is 0 Å². The number of amides is 1. The molecule has 14 heteroatoms. The zero-order valence-electron chi connectivity index (χ0n) is 24.1. The Labute approximate surface area is 251 Å². The molecule has 1 aliphatic carbocycles. The van der Waals surface area contributed by atoms with Crippen molar-refractivity contribution in [1.82, 2.24) is 24.5 Å². The smallest absolute Gasteiger partial charge is 0.419 e. The van der Waals surface area contributed by atoms with E-state index in [0.29, 0.717) is 29.8 Å². The summed E-state index contributed by atoms with van der Waals surface area (Å²) in [7, 11) is 1.35. The third kappa shape index (κ3) is 8.67. The van der Waals surface area contributed by atoms with Crippen LogP contribution in [0.4, 0.5) is 24.8 Å². The van der Waals surface area contributed by atoms with Crippen LogP contribution in [0.5, 0.6) is 5.75 Å². The van der Waals surface area contributed by atoms with Gasteiger partial charge in [-0.2, -0.15) is 13.2 Å². The number of hydrogen-bond acceptors (Lipinski definition) is 8. The highest BCUT2D eigenvalue weighted by Gasteiger charge is 2.38. The van der Waals surface area contributed by atoms with Gasteiger partial charge in [0.25, 0.3) is 5.91 Å². The number of likely N-dealkylation sites (tertiary alicyclic amines) is 1. The third-order valence-corrected chi connectivity index (χ3v) is 9.23. The average molecular weight is 627 g/mol. The van der Waals surface area contributed by atoms with Gasteiger partial charge >= 0.3 is 6.18 Å². The minimum Gasteiger partial charge on any atom is -0.495 e. The minimum absolute atomic E-state index is 0. The second-order valence-electron chi connectivity index (χ2n) is 10.9. The van der Waals surface area contributed by atoms with Crippen molar-refractivity contribution in [2.75, 3.05) is 45.9 Å². The van der Waals surface area contributed by atoms with Gasteiger partial charge in [-0.25, -0.2) is 22.7 Å². The highest BCUT2D eigenvalue weighted by Crippen LogP contribution is 2.36. The Morgan fingerprint density at radius 2 is 1.86 bits per heavy atom. The predicted molar refractivity (Wildman–Crippen MR) is 160 cm³/mol. The Kier molecular flexibility index (Phi) is 11.2. The molecule has 0 bridgehead atoms. The topological polar surface area (TPSA) is 117 Å². The van der Waals surface area contributed by atoms with Crippen molar-refractivity contribution in [3.8, 4) is 5.75 Å². The van der Waals surface area contributed by atoms with Crippen molar-refractivity contribution in [1.29, 1.82) is 0 Å². The summed E-state index contributed by atoms with van der Waals surface area (Å²) in [4.78, 5) is 23.2. The highest BCUT2D eigenvalue weighted by molar-refractivity contribution is 7.88. The average Bonchev–Trinajstić information content (AvgIpc) is 2.93. The quantitative estimate of drug-likeness (QED) is 0.392. The van der Waals surface area contributed by atoms with Gasteiger partial charge in [-0.1, -0.05) is 19.6 Å². The number of aromatic nitrogens is 2. The van der Waals surface area contributed by atoms with Crippen molar-refractivity contribution in [3.05, 3.63) is 53.4 Å². The van der Waals surface area contributed by atoms with E-state index in [4.69, 9.17) is 4.74 Å². The van der Waals surface area contributed by atoms with E-state index in [0.717, 1.165) is 38.4 Å². The molecule has 1 fully saturated rings. The number of benzene rings is 1. The number of alkyl halides is 3. The maximum atomic E-state index is 14.0. The number of allylic oxidation sites excluding steroid dienone is 1. The molecule has 43 heavy (non-hydrogen) atoms. The zero-order chi connectivity index (χ0) is 30.7. The molecule has 1 aliphatic heterocycles. The SMILES string of the molecule is C.COc1cc(C(=O)NC2CCN(C)CC2)ccc1Nc1ncc(C(F)(F)F)c(C[C@@H]2CC=CC[C@H]2N(C)S(C)(=O)=O)n1. The number of nitrogens with zero attached hydrogens (tertiary/aromatic N) is 4. The Morgan fingerprint density at radius 3 is 2.49 bits per heavy atom. The number of methoxy groups -OCH3 is 1. The first-order valence-corrected chi connectivity index (χ1v) is 15.6. The first-order valence-electron chi connectivity index (χ1n) is 13.7. The van der Waals surface area contributed by atoms with Crippen molar-refractivity contribution in [2.45, 2.75) is 57.8 Å². The van der Waals surface area contributed by atoms with Crippen LogP contribution in [-0.2, 0) is 22.6 Å². The Bertz CT molecular complexity index is 1410. The number of nitrogens with one attached hydrogen (secondary N) is 2. The lowest BCUT2D eigenvalue weighted by molar-refractivity contribution is -0.138. The molecule has 4 rings (SSSR count). The van der Waals surface area contributed by atoms with Crippen molar-refractivity contribution < 1.29 is 31.1 Å². The second kappa shape index (κ2) is 14.0. The summed E-state index contributed by atoms with van der Waals surface area (Å²) in [5.74, 6) is -0.449. The van der Waals surface area contributed by atoms with Crippen LogP contribution in [0.15, 0.2) is 36.5 Å². The van der Waals surface area contributed by atoms with Gasteiger partial charge in [-0.15, -0.1) is 0 Å². The standard InChI is InChI=1S/C28H37F3N6O4S.CH4/c1-36-13-11-20(12-14-36)33-26(38)19-9-10-22(25(16-19)41-3)34-27-32-17-21(28(29,30)31)23(35-27)15-18-7-5-6-8-24(18)37(2)42(4,39)40;/h5-6,9-10,16-18,20,24H,7-8,11-15H2,1-4H3,(H,33,38)(H,32,34,35);1H4/t18-,24+;/m0./s1. The molecule has 2 heterocycles. The van der Waals surface area contributed by atoms with E-state index in [9.17, 15) is 26.4 Å². The minimum atomic E-state index is -4.70. The first kappa shape index (κ1) is 34.3. The molecule has 1 amide bonds. The van der Waals surface area contributed by atoms with E-state index in [1.807, 2.05) is 19.2 Å². The highest BCUT2D eigenvalue weighted by atomic mass is 32.2. The molecule has 0 radical (unpaired) electrons. The second-order valence-corrected chi connectivity index (χ2v) is 12.9. The van der Waals surface area contributed by atoms with Crippen LogP contribution >= 0.6 is 0 Å². The molecule has 0 spiro atoms. The first-order chi connectivity index (χ1) is 19.8. The Hall–Kier alpha value is -3.23. The van der Waals surface area contributed by atoms with Crippen LogP contribution < -0.4 is 15.4 Å². The van der Waals surface area contributed by atoms with Gasteiger partial charge in [-0.3, -0.25) is 4.79 Å². The molecule has 1 aromatic heterocycles. The number of ether oxygens (including phenoxy) is 1. The van der Waals surface area contributed by atoms with Gasteiger partial charge in [0.1, 0.15) is 5.75 Å². The fourth-order valence-corrected chi connectivity index (χ4v) is 6.11. The maximum absolute atomic E-state index is 14.0. The molecule has 2 aliphatic rings. The lowest BCUT2D eigenvalue weighted by Crippen LogP contribution is -2.43. The van der Waals surface area contributed by atoms with Gasteiger partial charge in [0.2, 0.25) is 16.0 Å². The Morgan fingerprint density at radius 1 is 1.19 bits per heavy atom. The predicted octanol–water partition coefficient (Wildman–Crippen LogP) is 4.48. The summed E-state index contributed by atoms with van der Waals surface area (Å²) in [5.41, 5.74) is -0.456. The van der Waals surface area contributed by atoms with Crippen molar-refractivity contribution in [3.63, 3.8) is 0 Å². The van der Waals surface area contributed by atoms with Crippen LogP contribution in [0.3, 0.4) is 0 Å². The van der Waals surface area contributed by atoms with E-state index in [1.165, 1.54) is 18.5 Å². The number of sulfonamides is 1. The summed E-state index contributed by atoms with van der Waals surface area (Å²) < 4.78 is 72.9. The molecule has 0 saturated carbocycles. The zero-order valence-corrected chi connectivity index (χ0v) is 24.9. The largest absolute Gasteiger partial charge is 0.495 e.